The van der Waals surface area contributed by atoms with Gasteiger partial charge in [-0.3, -0.25) is 4.79 Å². The van der Waals surface area contributed by atoms with Gasteiger partial charge < -0.3 is 25.2 Å². The molecular formula is C34H46FN7O4S. The molecule has 4 heterocycles. The molecule has 0 unspecified atom stereocenters. The molecule has 2 saturated heterocycles. The average molecular weight is 668 g/mol. The molecule has 254 valence electrons. The molecule has 2 aliphatic rings. The van der Waals surface area contributed by atoms with Crippen LogP contribution in [0.5, 0.6) is 0 Å². The minimum atomic E-state index is -3.13. The Labute approximate surface area is 276 Å². The maximum absolute atomic E-state index is 15.1. The molecule has 2 fully saturated rings. The second-order valence-corrected chi connectivity index (χ2v) is 16.1. The number of carbonyl (C=O) groups excluding carboxylic acids is 1. The number of hydrogen-bond donors (Lipinski definition) is 2. The maximum atomic E-state index is 15.1. The number of alkyl halides is 1. The molecule has 13 heteroatoms. The van der Waals surface area contributed by atoms with Crippen molar-refractivity contribution >= 4 is 55.5 Å². The fourth-order valence-electron chi connectivity index (χ4n) is 6.43. The van der Waals surface area contributed by atoms with E-state index >= 15 is 4.39 Å². The fourth-order valence-corrected chi connectivity index (χ4v) is 7.59. The first-order valence-corrected chi connectivity index (χ1v) is 18.1. The minimum absolute atomic E-state index is 0.00687. The smallest absolute Gasteiger partial charge is 0.247 e. The van der Waals surface area contributed by atoms with Crippen LogP contribution in [0.2, 0.25) is 0 Å². The van der Waals surface area contributed by atoms with Gasteiger partial charge in [-0.05, 0) is 58.2 Å². The highest BCUT2D eigenvalue weighted by atomic mass is 32.2. The molecule has 0 bridgehead atoms. The molecule has 1 amide bonds. The number of carbonyl (C=O) groups is 1. The molecule has 3 aromatic rings. The number of nitrogens with zero attached hydrogens (tertiary/aromatic N) is 5. The summed E-state index contributed by atoms with van der Waals surface area (Å²) in [5, 5.41) is 7.05. The number of fused-ring (bicyclic) bond motifs is 1. The number of halogens is 1. The number of amides is 1. The zero-order valence-corrected chi connectivity index (χ0v) is 29.1. The lowest BCUT2D eigenvalue weighted by Crippen LogP contribution is -2.57. The van der Waals surface area contributed by atoms with Crippen LogP contribution in [0.1, 0.15) is 59.4 Å². The van der Waals surface area contributed by atoms with Gasteiger partial charge in [0.25, 0.3) is 0 Å². The summed E-state index contributed by atoms with van der Waals surface area (Å²) in [6, 6.07) is 5.54. The number of benzene rings is 1. The van der Waals surface area contributed by atoms with Crippen molar-refractivity contribution in [2.45, 2.75) is 77.8 Å². The number of pyridine rings is 1. The zero-order valence-electron chi connectivity index (χ0n) is 28.2. The van der Waals surface area contributed by atoms with E-state index in [2.05, 4.69) is 32.1 Å². The number of rotatable bonds is 10. The lowest BCUT2D eigenvalue weighted by molar-refractivity contribution is -0.111. The molecule has 2 N–H and O–H groups in total. The third kappa shape index (κ3) is 8.01. The van der Waals surface area contributed by atoms with Gasteiger partial charge in [0.05, 0.1) is 35.2 Å². The molecule has 1 aromatic carbocycles. The lowest BCUT2D eigenvalue weighted by Gasteiger charge is -2.48. The highest BCUT2D eigenvalue weighted by Gasteiger charge is 2.39. The molecule has 11 nitrogen and oxygen atoms in total. The average Bonchev–Trinajstić information content (AvgIpc) is 2.98. The van der Waals surface area contributed by atoms with Gasteiger partial charge in [-0.15, -0.1) is 0 Å². The molecular weight excluding hydrogens is 621 g/mol. The Morgan fingerprint density at radius 1 is 1.23 bits per heavy atom. The van der Waals surface area contributed by atoms with Crippen LogP contribution in [-0.4, -0.2) is 84.8 Å². The summed E-state index contributed by atoms with van der Waals surface area (Å²) in [5.74, 6) is 0.741. The molecule has 2 aliphatic heterocycles. The van der Waals surface area contributed by atoms with Gasteiger partial charge >= 0.3 is 0 Å². The van der Waals surface area contributed by atoms with Crippen LogP contribution in [0.4, 0.5) is 33.2 Å². The predicted octanol–water partition coefficient (Wildman–Crippen LogP) is 5.62. The van der Waals surface area contributed by atoms with Crippen LogP contribution < -0.4 is 20.4 Å². The van der Waals surface area contributed by atoms with E-state index in [-0.39, 0.29) is 36.1 Å². The Kier molecular flexibility index (Phi) is 9.79. The third-order valence-electron chi connectivity index (χ3n) is 8.66. The summed E-state index contributed by atoms with van der Waals surface area (Å²) in [5.41, 5.74) is 3.22. The molecule has 2 aromatic heterocycles. The van der Waals surface area contributed by atoms with Gasteiger partial charge in [-0.1, -0.05) is 20.4 Å². The molecule has 5 rings (SSSR count). The van der Waals surface area contributed by atoms with E-state index < -0.39 is 27.7 Å². The van der Waals surface area contributed by atoms with Crippen LogP contribution in [0.25, 0.3) is 10.9 Å². The summed E-state index contributed by atoms with van der Waals surface area (Å²) < 4.78 is 45.0. The summed E-state index contributed by atoms with van der Waals surface area (Å²) in [6.07, 6.45) is 4.88. The van der Waals surface area contributed by atoms with E-state index in [9.17, 15) is 13.2 Å². The molecule has 47 heavy (non-hydrogen) atoms. The Bertz CT molecular complexity index is 1760. The Morgan fingerprint density at radius 3 is 2.60 bits per heavy atom. The Morgan fingerprint density at radius 2 is 1.98 bits per heavy atom. The molecule has 4 atom stereocenters. The number of sulfone groups is 1. The highest BCUT2D eigenvalue weighted by Crippen LogP contribution is 2.42. The van der Waals surface area contributed by atoms with E-state index in [0.29, 0.717) is 48.2 Å². The predicted molar refractivity (Wildman–Crippen MR) is 186 cm³/mol. The number of anilines is 5. The van der Waals surface area contributed by atoms with Crippen LogP contribution in [0.15, 0.2) is 43.2 Å². The third-order valence-corrected chi connectivity index (χ3v) is 9.69. The van der Waals surface area contributed by atoms with E-state index in [0.717, 1.165) is 16.6 Å². The monoisotopic (exact) mass is 667 g/mol. The van der Waals surface area contributed by atoms with Crippen LogP contribution in [0.3, 0.4) is 0 Å². The van der Waals surface area contributed by atoms with E-state index in [4.69, 9.17) is 9.72 Å². The number of piperidine rings is 1. The van der Waals surface area contributed by atoms with Gasteiger partial charge in [0.1, 0.15) is 21.8 Å². The zero-order chi connectivity index (χ0) is 34.3. The lowest BCUT2D eigenvalue weighted by atomic mass is 9.89. The Hall–Kier alpha value is -3.84. The standard InChI is InChI=1S/C34H46FN7O4S/c1-9-30(43)39-26-15-27(42-17-22(21(42)4)19-47(8,44)45)24-16-37-33(40-32(24)31(26)20(2)3)38-23-10-12-36-29(14-23)41-13-11-28(25(35)18-41)46-34(5,6)7/h9-10,12,14-16,20-22,25,28H,1,11,13,17-19H2,2-8H3,(H,39,43)(H,36,37,38,40)/t21-,22-,25+,28-/m1/s1. The summed E-state index contributed by atoms with van der Waals surface area (Å²) in [7, 11) is -3.13. The van der Waals surface area contributed by atoms with Crippen molar-refractivity contribution in [1.29, 1.82) is 0 Å². The van der Waals surface area contributed by atoms with Crippen LogP contribution >= 0.6 is 0 Å². The van der Waals surface area contributed by atoms with Crippen molar-refractivity contribution in [2.75, 3.05) is 52.1 Å². The van der Waals surface area contributed by atoms with E-state index in [1.54, 1.807) is 18.5 Å². The molecule has 0 aliphatic carbocycles. The topological polar surface area (TPSA) is 130 Å². The van der Waals surface area contributed by atoms with E-state index in [1.165, 1.54) is 12.3 Å². The second-order valence-electron chi connectivity index (χ2n) is 14.0. The largest absolute Gasteiger partial charge is 0.369 e. The van der Waals surface area contributed by atoms with Crippen LogP contribution in [-0.2, 0) is 19.4 Å². The number of ether oxygens (including phenoxy) is 1. The number of nitrogens with one attached hydrogen (secondary N) is 2. The first kappa shape index (κ1) is 34.5. The van der Waals surface area contributed by atoms with Gasteiger partial charge in [0.15, 0.2) is 0 Å². The van der Waals surface area contributed by atoms with Crippen molar-refractivity contribution < 1.29 is 22.3 Å². The van der Waals surface area contributed by atoms with Crippen molar-refractivity contribution in [1.82, 2.24) is 15.0 Å². The van der Waals surface area contributed by atoms with E-state index in [1.807, 2.05) is 58.6 Å². The number of hydrogen-bond acceptors (Lipinski definition) is 10. The SMILES string of the molecule is C=CC(=O)Nc1cc(N2C[C@H](CS(C)(=O)=O)[C@H]2C)c2cnc(Nc3ccnc(N4CC[C@@H](OC(C)(C)C)[C@@H](F)C4)c3)nc2c1C(C)C. The quantitative estimate of drug-likeness (QED) is 0.263. The normalized spacial score (nSPS) is 21.9. The Balaban J connectivity index is 1.46. The minimum Gasteiger partial charge on any atom is -0.369 e. The molecule has 0 radical (unpaired) electrons. The maximum Gasteiger partial charge on any atom is 0.247 e. The van der Waals surface area contributed by atoms with Gasteiger partial charge in [-0.25, -0.2) is 27.8 Å². The number of aromatic nitrogens is 3. The van der Waals surface area contributed by atoms with Crippen molar-refractivity contribution in [3.8, 4) is 0 Å². The van der Waals surface area contributed by atoms with Gasteiger partial charge in [-0.2, -0.15) is 0 Å². The van der Waals surface area contributed by atoms with Crippen molar-refractivity contribution in [3.63, 3.8) is 0 Å². The summed E-state index contributed by atoms with van der Waals surface area (Å²) in [6.45, 7) is 16.8. The summed E-state index contributed by atoms with van der Waals surface area (Å²) >= 11 is 0. The molecule has 0 saturated carbocycles. The first-order chi connectivity index (χ1) is 22.0. The van der Waals surface area contributed by atoms with Gasteiger partial charge in [0, 0.05) is 72.1 Å². The first-order valence-electron chi connectivity index (χ1n) is 16.0. The second kappa shape index (κ2) is 13.3. The van der Waals surface area contributed by atoms with Crippen molar-refractivity contribution in [2.24, 2.45) is 5.92 Å². The van der Waals surface area contributed by atoms with Crippen molar-refractivity contribution in [3.05, 3.63) is 48.8 Å². The summed E-state index contributed by atoms with van der Waals surface area (Å²) in [4.78, 5) is 30.7. The fraction of sp³-hybridized carbons (Fsp3) is 0.529. The molecule has 0 spiro atoms. The highest BCUT2D eigenvalue weighted by molar-refractivity contribution is 7.90. The van der Waals surface area contributed by atoms with Crippen LogP contribution in [0, 0.1) is 5.92 Å². The van der Waals surface area contributed by atoms with Gasteiger partial charge in [0.2, 0.25) is 11.9 Å².